The molecule has 1 aromatic heterocycles. The van der Waals surface area contributed by atoms with Crippen molar-refractivity contribution in [3.63, 3.8) is 0 Å². The summed E-state index contributed by atoms with van der Waals surface area (Å²) in [6.07, 6.45) is 8.45. The van der Waals surface area contributed by atoms with Crippen molar-refractivity contribution in [3.05, 3.63) is 30.1 Å². The van der Waals surface area contributed by atoms with Crippen LogP contribution in [-0.2, 0) is 0 Å². The molecule has 0 aliphatic carbocycles. The molecule has 1 heterocycles. The monoisotopic (exact) mass is 132 g/mol. The van der Waals surface area contributed by atoms with Crippen LogP contribution in [0.15, 0.2) is 24.5 Å². The van der Waals surface area contributed by atoms with E-state index in [1.54, 1.807) is 12.4 Å². The Bertz CT molecular complexity index is 235. The summed E-state index contributed by atoms with van der Waals surface area (Å²) in [5, 5.41) is 0. The summed E-state index contributed by atoms with van der Waals surface area (Å²) in [6, 6.07) is 3.32. The lowest BCUT2D eigenvalue weighted by atomic mass is 10.1. The first kappa shape index (κ1) is 6.79. The number of nitrogens with two attached hydrogens (primary N) is 1. The Hall–Kier alpha value is -1.33. The second-order valence-electron chi connectivity index (χ2n) is 1.92. The van der Waals surface area contributed by atoms with Crippen LogP contribution in [0.25, 0.3) is 0 Å². The standard InChI is InChI=1S/C8H8N2/c1-2-8(9)7-3-5-10-6-4-7/h1,3-6,8H,9H2. The van der Waals surface area contributed by atoms with E-state index >= 15 is 0 Å². The van der Waals surface area contributed by atoms with Crippen LogP contribution in [0, 0.1) is 12.3 Å². The van der Waals surface area contributed by atoms with Crippen molar-refractivity contribution in [1.29, 1.82) is 0 Å². The summed E-state index contributed by atoms with van der Waals surface area (Å²) in [7, 11) is 0. The van der Waals surface area contributed by atoms with E-state index in [4.69, 9.17) is 12.2 Å². The summed E-state index contributed by atoms with van der Waals surface area (Å²) >= 11 is 0. The Morgan fingerprint density at radius 3 is 2.60 bits per heavy atom. The van der Waals surface area contributed by atoms with E-state index in [2.05, 4.69) is 10.9 Å². The molecule has 50 valence electrons. The van der Waals surface area contributed by atoms with Gasteiger partial charge in [-0.15, -0.1) is 6.42 Å². The van der Waals surface area contributed by atoms with E-state index in [0.29, 0.717) is 0 Å². The Morgan fingerprint density at radius 2 is 2.10 bits per heavy atom. The van der Waals surface area contributed by atoms with Crippen LogP contribution in [0.2, 0.25) is 0 Å². The highest BCUT2D eigenvalue weighted by molar-refractivity contribution is 5.21. The SMILES string of the molecule is C#CC(N)c1ccncc1. The van der Waals surface area contributed by atoms with Crippen LogP contribution >= 0.6 is 0 Å². The van der Waals surface area contributed by atoms with Crippen molar-refractivity contribution in [2.24, 2.45) is 5.73 Å². The van der Waals surface area contributed by atoms with Crippen LogP contribution in [0.4, 0.5) is 0 Å². The maximum absolute atomic E-state index is 5.53. The van der Waals surface area contributed by atoms with Crippen LogP contribution in [0.1, 0.15) is 11.6 Å². The zero-order valence-electron chi connectivity index (χ0n) is 5.49. The lowest BCUT2D eigenvalue weighted by Crippen LogP contribution is -2.06. The lowest BCUT2D eigenvalue weighted by Gasteiger charge is -2.01. The lowest BCUT2D eigenvalue weighted by molar-refractivity contribution is 0.940. The van der Waals surface area contributed by atoms with Gasteiger partial charge in [-0.05, 0) is 17.7 Å². The number of hydrogen-bond donors (Lipinski definition) is 1. The number of rotatable bonds is 1. The minimum atomic E-state index is -0.303. The van der Waals surface area contributed by atoms with E-state index in [-0.39, 0.29) is 6.04 Å². The molecule has 1 aromatic rings. The molecular weight excluding hydrogens is 124 g/mol. The highest BCUT2D eigenvalue weighted by Crippen LogP contribution is 2.05. The molecule has 0 saturated carbocycles. The highest BCUT2D eigenvalue weighted by atomic mass is 14.6. The summed E-state index contributed by atoms with van der Waals surface area (Å²) in [4.78, 5) is 3.84. The molecule has 0 aromatic carbocycles. The van der Waals surface area contributed by atoms with Gasteiger partial charge in [0.2, 0.25) is 0 Å². The molecule has 0 bridgehead atoms. The van der Waals surface area contributed by atoms with Crippen molar-refractivity contribution in [3.8, 4) is 12.3 Å². The average molecular weight is 132 g/mol. The van der Waals surface area contributed by atoms with Gasteiger partial charge in [-0.3, -0.25) is 4.98 Å². The maximum Gasteiger partial charge on any atom is 0.0919 e. The number of nitrogens with zero attached hydrogens (tertiary/aromatic N) is 1. The van der Waals surface area contributed by atoms with E-state index < -0.39 is 0 Å². The van der Waals surface area contributed by atoms with E-state index in [1.807, 2.05) is 12.1 Å². The number of hydrogen-bond acceptors (Lipinski definition) is 2. The minimum Gasteiger partial charge on any atom is -0.314 e. The van der Waals surface area contributed by atoms with Crippen molar-refractivity contribution < 1.29 is 0 Å². The molecule has 0 fully saturated rings. The quantitative estimate of drug-likeness (QED) is 0.572. The van der Waals surface area contributed by atoms with E-state index in [1.165, 1.54) is 0 Å². The smallest absolute Gasteiger partial charge is 0.0919 e. The summed E-state index contributed by atoms with van der Waals surface area (Å²) < 4.78 is 0. The molecule has 10 heavy (non-hydrogen) atoms. The Balaban J connectivity index is 2.88. The first-order chi connectivity index (χ1) is 4.84. The summed E-state index contributed by atoms with van der Waals surface area (Å²) in [5.74, 6) is 2.43. The second kappa shape index (κ2) is 3.00. The van der Waals surface area contributed by atoms with Gasteiger partial charge in [0.1, 0.15) is 0 Å². The fourth-order valence-corrected chi connectivity index (χ4v) is 0.667. The van der Waals surface area contributed by atoms with Gasteiger partial charge in [-0.1, -0.05) is 5.92 Å². The number of pyridine rings is 1. The van der Waals surface area contributed by atoms with Crippen LogP contribution < -0.4 is 5.73 Å². The van der Waals surface area contributed by atoms with Gasteiger partial charge in [0.05, 0.1) is 6.04 Å². The van der Waals surface area contributed by atoms with Crippen molar-refractivity contribution >= 4 is 0 Å². The molecule has 0 saturated heterocycles. The third-order valence-corrected chi connectivity index (χ3v) is 1.24. The molecule has 1 atom stereocenters. The second-order valence-corrected chi connectivity index (χ2v) is 1.92. The predicted molar refractivity (Wildman–Crippen MR) is 40.0 cm³/mol. The molecule has 1 unspecified atom stereocenters. The first-order valence-electron chi connectivity index (χ1n) is 2.96. The third kappa shape index (κ3) is 1.34. The molecular formula is C8H8N2. The number of aromatic nitrogens is 1. The van der Waals surface area contributed by atoms with Crippen LogP contribution in [0.5, 0.6) is 0 Å². The van der Waals surface area contributed by atoms with Gasteiger partial charge >= 0.3 is 0 Å². The van der Waals surface area contributed by atoms with Gasteiger partial charge in [0, 0.05) is 12.4 Å². The highest BCUT2D eigenvalue weighted by Gasteiger charge is 1.97. The van der Waals surface area contributed by atoms with E-state index in [9.17, 15) is 0 Å². The van der Waals surface area contributed by atoms with Crippen LogP contribution in [0.3, 0.4) is 0 Å². The van der Waals surface area contributed by atoms with Crippen molar-refractivity contribution in [1.82, 2.24) is 4.98 Å². The Morgan fingerprint density at radius 1 is 1.50 bits per heavy atom. The van der Waals surface area contributed by atoms with Crippen LogP contribution in [-0.4, -0.2) is 4.98 Å². The fraction of sp³-hybridized carbons (Fsp3) is 0.125. The minimum absolute atomic E-state index is 0.303. The molecule has 2 heteroatoms. The van der Waals surface area contributed by atoms with Gasteiger partial charge in [-0.2, -0.15) is 0 Å². The Kier molecular flexibility index (Phi) is 2.03. The average Bonchev–Trinajstić information content (AvgIpc) is 2.05. The molecule has 1 rings (SSSR count). The van der Waals surface area contributed by atoms with Gasteiger partial charge in [0.25, 0.3) is 0 Å². The zero-order valence-corrected chi connectivity index (χ0v) is 5.49. The predicted octanol–water partition coefficient (Wildman–Crippen LogP) is 0.715. The Labute approximate surface area is 60.1 Å². The third-order valence-electron chi connectivity index (χ3n) is 1.24. The van der Waals surface area contributed by atoms with Gasteiger partial charge < -0.3 is 5.73 Å². The fourth-order valence-electron chi connectivity index (χ4n) is 0.667. The number of terminal acetylenes is 1. The topological polar surface area (TPSA) is 38.9 Å². The van der Waals surface area contributed by atoms with E-state index in [0.717, 1.165) is 5.56 Å². The summed E-state index contributed by atoms with van der Waals surface area (Å²) in [5.41, 5.74) is 6.46. The van der Waals surface area contributed by atoms with Gasteiger partial charge in [-0.25, -0.2) is 0 Å². The molecule has 0 aliphatic heterocycles. The molecule has 0 aliphatic rings. The normalized spacial score (nSPS) is 12.0. The first-order valence-corrected chi connectivity index (χ1v) is 2.96. The molecule has 0 spiro atoms. The van der Waals surface area contributed by atoms with Crippen molar-refractivity contribution in [2.45, 2.75) is 6.04 Å². The van der Waals surface area contributed by atoms with Gasteiger partial charge in [0.15, 0.2) is 0 Å². The zero-order chi connectivity index (χ0) is 7.40. The van der Waals surface area contributed by atoms with Crippen molar-refractivity contribution in [2.75, 3.05) is 0 Å². The molecule has 0 radical (unpaired) electrons. The molecule has 2 nitrogen and oxygen atoms in total. The molecule has 0 amide bonds. The molecule has 2 N–H and O–H groups in total. The maximum atomic E-state index is 5.53. The largest absolute Gasteiger partial charge is 0.314 e. The summed E-state index contributed by atoms with van der Waals surface area (Å²) in [6.45, 7) is 0.